The van der Waals surface area contributed by atoms with Gasteiger partial charge in [-0.1, -0.05) is 31.4 Å². The van der Waals surface area contributed by atoms with E-state index in [-0.39, 0.29) is 5.91 Å². The van der Waals surface area contributed by atoms with Crippen LogP contribution in [0.2, 0.25) is 0 Å². The maximum atomic E-state index is 12.2. The number of nitrogens with one attached hydrogen (secondary N) is 1. The summed E-state index contributed by atoms with van der Waals surface area (Å²) in [7, 11) is 0. The predicted molar refractivity (Wildman–Crippen MR) is 100 cm³/mol. The molecule has 142 valence electrons. The molecule has 1 saturated carbocycles. The summed E-state index contributed by atoms with van der Waals surface area (Å²) in [4.78, 5) is 27.7. The van der Waals surface area contributed by atoms with Crippen LogP contribution in [0.1, 0.15) is 48.0 Å². The third kappa shape index (κ3) is 5.54. The van der Waals surface area contributed by atoms with E-state index in [9.17, 15) is 9.59 Å². The molecule has 1 heterocycles. The first-order valence-corrected chi connectivity index (χ1v) is 9.66. The van der Waals surface area contributed by atoms with Crippen LogP contribution in [0.15, 0.2) is 24.3 Å². The number of hydrogen-bond donors (Lipinski definition) is 2. The molecule has 2 fully saturated rings. The Morgan fingerprint density at radius 3 is 2.19 bits per heavy atom. The van der Waals surface area contributed by atoms with E-state index in [1.807, 2.05) is 12.1 Å². The maximum Gasteiger partial charge on any atom is 0.335 e. The van der Waals surface area contributed by atoms with Crippen LogP contribution < -0.4 is 5.32 Å². The molecule has 0 unspecified atom stereocenters. The fourth-order valence-electron chi connectivity index (χ4n) is 3.84. The zero-order valence-electron chi connectivity index (χ0n) is 15.3. The Labute approximate surface area is 155 Å². The van der Waals surface area contributed by atoms with Gasteiger partial charge in [-0.05, 0) is 30.5 Å². The Balaban J connectivity index is 1.38. The summed E-state index contributed by atoms with van der Waals surface area (Å²) in [5.41, 5.74) is 1.45. The van der Waals surface area contributed by atoms with E-state index in [2.05, 4.69) is 15.1 Å². The second kappa shape index (κ2) is 9.14. The van der Waals surface area contributed by atoms with Crippen molar-refractivity contribution >= 4 is 11.9 Å². The zero-order chi connectivity index (χ0) is 18.4. The monoisotopic (exact) mass is 359 g/mol. The van der Waals surface area contributed by atoms with Gasteiger partial charge in [0.15, 0.2) is 0 Å². The molecule has 1 aliphatic carbocycles. The molecule has 1 aromatic carbocycles. The van der Waals surface area contributed by atoms with Gasteiger partial charge in [0, 0.05) is 38.8 Å². The highest BCUT2D eigenvalue weighted by molar-refractivity contribution is 5.87. The molecule has 26 heavy (non-hydrogen) atoms. The quantitative estimate of drug-likeness (QED) is 0.812. The number of carbonyl (C=O) groups is 2. The van der Waals surface area contributed by atoms with Crippen molar-refractivity contribution in [2.45, 2.75) is 44.7 Å². The minimum atomic E-state index is -0.892. The van der Waals surface area contributed by atoms with E-state index in [1.165, 1.54) is 19.3 Å². The summed E-state index contributed by atoms with van der Waals surface area (Å²) in [6.07, 6.45) is 6.02. The third-order valence-electron chi connectivity index (χ3n) is 5.41. The van der Waals surface area contributed by atoms with E-state index >= 15 is 0 Å². The lowest BCUT2D eigenvalue weighted by molar-refractivity contribution is -0.123. The Hall–Kier alpha value is -1.92. The maximum absolute atomic E-state index is 12.2. The van der Waals surface area contributed by atoms with Gasteiger partial charge in [-0.15, -0.1) is 0 Å². The van der Waals surface area contributed by atoms with Crippen LogP contribution in [-0.2, 0) is 11.3 Å². The summed E-state index contributed by atoms with van der Waals surface area (Å²) in [6.45, 7) is 4.96. The SMILES string of the molecule is O=C(CN1CCN(Cc2ccc(C(=O)O)cc2)CC1)NC1CCCCC1. The van der Waals surface area contributed by atoms with Crippen molar-refractivity contribution in [2.24, 2.45) is 0 Å². The molecule has 6 nitrogen and oxygen atoms in total. The van der Waals surface area contributed by atoms with Crippen molar-refractivity contribution in [3.05, 3.63) is 35.4 Å². The molecule has 6 heteroatoms. The van der Waals surface area contributed by atoms with Crippen LogP contribution in [0.3, 0.4) is 0 Å². The van der Waals surface area contributed by atoms with Gasteiger partial charge in [0.05, 0.1) is 12.1 Å². The number of carboxylic acids is 1. The molecule has 0 atom stereocenters. The molecule has 2 aliphatic rings. The smallest absolute Gasteiger partial charge is 0.335 e. The van der Waals surface area contributed by atoms with Crippen LogP contribution in [0.25, 0.3) is 0 Å². The summed E-state index contributed by atoms with van der Waals surface area (Å²) >= 11 is 0. The highest BCUT2D eigenvalue weighted by atomic mass is 16.4. The van der Waals surface area contributed by atoms with Crippen LogP contribution in [0.4, 0.5) is 0 Å². The molecule has 1 aromatic rings. The number of carboxylic acid groups (broad SMARTS) is 1. The highest BCUT2D eigenvalue weighted by Gasteiger charge is 2.21. The lowest BCUT2D eigenvalue weighted by Gasteiger charge is -2.34. The summed E-state index contributed by atoms with van der Waals surface area (Å²) in [6, 6.07) is 7.46. The molecule has 1 aliphatic heterocycles. The number of hydrogen-bond acceptors (Lipinski definition) is 4. The average Bonchev–Trinajstić information content (AvgIpc) is 2.64. The number of amides is 1. The lowest BCUT2D eigenvalue weighted by atomic mass is 9.95. The van der Waals surface area contributed by atoms with Gasteiger partial charge in [-0.25, -0.2) is 4.79 Å². The lowest BCUT2D eigenvalue weighted by Crippen LogP contribution is -2.50. The first kappa shape index (κ1) is 18.9. The van der Waals surface area contributed by atoms with Crippen molar-refractivity contribution in [3.63, 3.8) is 0 Å². The first-order valence-electron chi connectivity index (χ1n) is 9.66. The van der Waals surface area contributed by atoms with Crippen molar-refractivity contribution in [2.75, 3.05) is 32.7 Å². The molecule has 0 radical (unpaired) electrons. The minimum absolute atomic E-state index is 0.162. The molecule has 0 aromatic heterocycles. The van der Waals surface area contributed by atoms with Gasteiger partial charge in [0.2, 0.25) is 5.91 Å². The number of piperazine rings is 1. The molecular formula is C20H29N3O3. The third-order valence-corrected chi connectivity index (χ3v) is 5.41. The van der Waals surface area contributed by atoms with Crippen LogP contribution in [0, 0.1) is 0 Å². The molecule has 2 N–H and O–H groups in total. The number of nitrogens with zero attached hydrogens (tertiary/aromatic N) is 2. The number of rotatable bonds is 6. The topological polar surface area (TPSA) is 72.9 Å². The second-order valence-corrected chi connectivity index (χ2v) is 7.46. The standard InChI is InChI=1S/C20H29N3O3/c24-19(21-18-4-2-1-3-5-18)15-23-12-10-22(11-13-23)14-16-6-8-17(9-7-16)20(25)26/h6-9,18H,1-5,10-15H2,(H,21,24)(H,25,26). The van der Waals surface area contributed by atoms with E-state index < -0.39 is 5.97 Å². The van der Waals surface area contributed by atoms with Crippen molar-refractivity contribution < 1.29 is 14.7 Å². The van der Waals surface area contributed by atoms with Crippen molar-refractivity contribution in [1.29, 1.82) is 0 Å². The number of benzene rings is 1. The molecular weight excluding hydrogens is 330 g/mol. The molecule has 1 saturated heterocycles. The first-order chi connectivity index (χ1) is 12.6. The fourth-order valence-corrected chi connectivity index (χ4v) is 3.84. The number of carbonyl (C=O) groups excluding carboxylic acids is 1. The van der Waals surface area contributed by atoms with Gasteiger partial charge >= 0.3 is 5.97 Å². The minimum Gasteiger partial charge on any atom is -0.478 e. The van der Waals surface area contributed by atoms with Gasteiger partial charge in [-0.3, -0.25) is 14.6 Å². The van der Waals surface area contributed by atoms with E-state index in [4.69, 9.17) is 5.11 Å². The Morgan fingerprint density at radius 1 is 0.962 bits per heavy atom. The zero-order valence-corrected chi connectivity index (χ0v) is 15.3. The van der Waals surface area contributed by atoms with Gasteiger partial charge in [0.1, 0.15) is 0 Å². The fraction of sp³-hybridized carbons (Fsp3) is 0.600. The van der Waals surface area contributed by atoms with Gasteiger partial charge < -0.3 is 10.4 Å². The van der Waals surface area contributed by atoms with Crippen LogP contribution in [0.5, 0.6) is 0 Å². The molecule has 0 bridgehead atoms. The van der Waals surface area contributed by atoms with Crippen LogP contribution in [-0.4, -0.2) is 65.5 Å². The second-order valence-electron chi connectivity index (χ2n) is 7.46. The Morgan fingerprint density at radius 2 is 1.58 bits per heavy atom. The van der Waals surface area contributed by atoms with Gasteiger partial charge in [-0.2, -0.15) is 0 Å². The van der Waals surface area contributed by atoms with E-state index in [1.54, 1.807) is 12.1 Å². The highest BCUT2D eigenvalue weighted by Crippen LogP contribution is 2.17. The average molecular weight is 359 g/mol. The molecule has 1 amide bonds. The van der Waals surface area contributed by atoms with Crippen LogP contribution >= 0.6 is 0 Å². The largest absolute Gasteiger partial charge is 0.478 e. The number of aromatic carboxylic acids is 1. The molecule has 3 rings (SSSR count). The summed E-state index contributed by atoms with van der Waals surface area (Å²) in [5, 5.41) is 12.1. The van der Waals surface area contributed by atoms with Crippen molar-refractivity contribution in [1.82, 2.24) is 15.1 Å². The Kier molecular flexibility index (Phi) is 6.63. The summed E-state index contributed by atoms with van der Waals surface area (Å²) < 4.78 is 0. The van der Waals surface area contributed by atoms with E-state index in [0.29, 0.717) is 18.2 Å². The van der Waals surface area contributed by atoms with E-state index in [0.717, 1.165) is 51.1 Å². The summed E-state index contributed by atoms with van der Waals surface area (Å²) in [5.74, 6) is -0.730. The normalized spacial score (nSPS) is 20.0. The Bertz CT molecular complexity index is 603. The van der Waals surface area contributed by atoms with Crippen molar-refractivity contribution in [3.8, 4) is 0 Å². The molecule has 0 spiro atoms. The predicted octanol–water partition coefficient (Wildman–Crippen LogP) is 1.95. The van der Waals surface area contributed by atoms with Gasteiger partial charge in [0.25, 0.3) is 0 Å².